The second-order valence-corrected chi connectivity index (χ2v) is 5.62. The van der Waals surface area contributed by atoms with Gasteiger partial charge in [-0.25, -0.2) is 0 Å². The second-order valence-electron chi connectivity index (χ2n) is 3.87. The van der Waals surface area contributed by atoms with Gasteiger partial charge in [0.1, 0.15) is 0 Å². The van der Waals surface area contributed by atoms with Crippen molar-refractivity contribution in [2.45, 2.75) is 29.4 Å². The highest BCUT2D eigenvalue weighted by Crippen LogP contribution is 2.32. The molecule has 1 saturated heterocycles. The molecule has 82 valence electrons. The van der Waals surface area contributed by atoms with Gasteiger partial charge in [-0.2, -0.15) is 0 Å². The molecular weight excluding hydrogens is 226 g/mol. The Morgan fingerprint density at radius 2 is 2.13 bits per heavy atom. The molecule has 2 rings (SSSR count). The van der Waals surface area contributed by atoms with Gasteiger partial charge >= 0.3 is 0 Å². The summed E-state index contributed by atoms with van der Waals surface area (Å²) in [6.07, 6.45) is 3.93. The molecule has 0 amide bonds. The van der Waals surface area contributed by atoms with E-state index in [2.05, 4.69) is 17.4 Å². The number of hydrogen-bond acceptors (Lipinski definition) is 2. The smallest absolute Gasteiger partial charge is 0.0541 e. The first-order valence-corrected chi connectivity index (χ1v) is 6.74. The van der Waals surface area contributed by atoms with E-state index in [1.54, 1.807) is 0 Å². The summed E-state index contributed by atoms with van der Waals surface area (Å²) < 4.78 is 0. The van der Waals surface area contributed by atoms with Gasteiger partial charge in [-0.05, 0) is 31.5 Å². The maximum Gasteiger partial charge on any atom is 0.0541 e. The minimum atomic E-state index is 0.674. The predicted octanol–water partition coefficient (Wildman–Crippen LogP) is 3.57. The molecule has 1 aromatic rings. The zero-order valence-corrected chi connectivity index (χ0v) is 10.3. The summed E-state index contributed by atoms with van der Waals surface area (Å²) in [4.78, 5) is 1.22. The zero-order chi connectivity index (χ0) is 10.5. The normalized spacial score (nSPS) is 22.3. The summed E-state index contributed by atoms with van der Waals surface area (Å²) in [7, 11) is 0. The zero-order valence-electron chi connectivity index (χ0n) is 8.71. The van der Waals surface area contributed by atoms with E-state index < -0.39 is 0 Å². The molecule has 0 aromatic heterocycles. The van der Waals surface area contributed by atoms with E-state index >= 15 is 0 Å². The highest BCUT2D eigenvalue weighted by molar-refractivity contribution is 8.00. The summed E-state index contributed by atoms with van der Waals surface area (Å²) in [5.41, 5.74) is 0. The molecule has 0 spiro atoms. The molecule has 1 aromatic carbocycles. The van der Waals surface area contributed by atoms with E-state index in [1.807, 2.05) is 23.9 Å². The van der Waals surface area contributed by atoms with Crippen LogP contribution in [0.15, 0.2) is 29.2 Å². The quantitative estimate of drug-likeness (QED) is 0.850. The standard InChI is InChI=1S/C12H16ClNS/c13-11-6-1-2-7-12(11)15-10-5-3-4-8-14-9-10/h1-2,6-7,10,14H,3-5,8-9H2. The first kappa shape index (κ1) is 11.3. The van der Waals surface area contributed by atoms with Crippen LogP contribution in [0.5, 0.6) is 0 Å². The van der Waals surface area contributed by atoms with Gasteiger partial charge in [-0.15, -0.1) is 11.8 Å². The van der Waals surface area contributed by atoms with Crippen molar-refractivity contribution >= 4 is 23.4 Å². The molecule has 1 aliphatic heterocycles. The summed E-state index contributed by atoms with van der Waals surface area (Å²) in [6, 6.07) is 8.11. The molecule has 1 nitrogen and oxygen atoms in total. The Bertz CT molecular complexity index is 308. The molecule has 1 N–H and O–H groups in total. The van der Waals surface area contributed by atoms with Crippen LogP contribution in [-0.2, 0) is 0 Å². The van der Waals surface area contributed by atoms with Gasteiger partial charge in [0, 0.05) is 16.7 Å². The molecule has 0 aliphatic carbocycles. The van der Waals surface area contributed by atoms with Gasteiger partial charge in [0.2, 0.25) is 0 Å². The maximum atomic E-state index is 6.14. The Morgan fingerprint density at radius 3 is 3.00 bits per heavy atom. The Morgan fingerprint density at radius 1 is 1.27 bits per heavy atom. The summed E-state index contributed by atoms with van der Waals surface area (Å²) in [5.74, 6) is 0. The molecule has 1 unspecified atom stereocenters. The van der Waals surface area contributed by atoms with Crippen molar-refractivity contribution in [1.82, 2.24) is 5.32 Å². The van der Waals surface area contributed by atoms with E-state index in [-0.39, 0.29) is 0 Å². The lowest BCUT2D eigenvalue weighted by atomic mass is 10.2. The van der Waals surface area contributed by atoms with E-state index in [0.717, 1.165) is 11.6 Å². The molecular formula is C12H16ClNS. The van der Waals surface area contributed by atoms with Crippen LogP contribution in [0.1, 0.15) is 19.3 Å². The topological polar surface area (TPSA) is 12.0 Å². The molecule has 0 saturated carbocycles. The summed E-state index contributed by atoms with van der Waals surface area (Å²) >= 11 is 8.05. The highest BCUT2D eigenvalue weighted by atomic mass is 35.5. The van der Waals surface area contributed by atoms with Crippen LogP contribution >= 0.6 is 23.4 Å². The molecule has 1 fully saturated rings. The van der Waals surface area contributed by atoms with Crippen molar-refractivity contribution in [3.63, 3.8) is 0 Å². The van der Waals surface area contributed by atoms with E-state index in [9.17, 15) is 0 Å². The van der Waals surface area contributed by atoms with Crippen LogP contribution in [0.3, 0.4) is 0 Å². The number of thioether (sulfide) groups is 1. The van der Waals surface area contributed by atoms with Crippen molar-refractivity contribution in [3.05, 3.63) is 29.3 Å². The van der Waals surface area contributed by atoms with E-state index in [0.29, 0.717) is 5.25 Å². The van der Waals surface area contributed by atoms with Crippen LogP contribution in [0.25, 0.3) is 0 Å². The van der Waals surface area contributed by atoms with Gasteiger partial charge in [0.15, 0.2) is 0 Å². The number of hydrogen-bond donors (Lipinski definition) is 1. The molecule has 0 bridgehead atoms. The van der Waals surface area contributed by atoms with Gasteiger partial charge in [0.25, 0.3) is 0 Å². The van der Waals surface area contributed by atoms with Crippen LogP contribution in [0.4, 0.5) is 0 Å². The van der Waals surface area contributed by atoms with Crippen molar-refractivity contribution < 1.29 is 0 Å². The minimum Gasteiger partial charge on any atom is -0.316 e. The maximum absolute atomic E-state index is 6.14. The van der Waals surface area contributed by atoms with Crippen LogP contribution in [-0.4, -0.2) is 18.3 Å². The number of nitrogens with one attached hydrogen (secondary N) is 1. The van der Waals surface area contributed by atoms with Crippen LogP contribution < -0.4 is 5.32 Å². The van der Waals surface area contributed by atoms with Crippen molar-refractivity contribution in [3.8, 4) is 0 Å². The Balaban J connectivity index is 1.98. The molecule has 15 heavy (non-hydrogen) atoms. The van der Waals surface area contributed by atoms with Crippen molar-refractivity contribution in [2.75, 3.05) is 13.1 Å². The molecule has 1 atom stereocenters. The number of rotatable bonds is 2. The van der Waals surface area contributed by atoms with Crippen molar-refractivity contribution in [1.29, 1.82) is 0 Å². The second kappa shape index (κ2) is 5.78. The average Bonchev–Trinajstić information content (AvgIpc) is 2.50. The molecule has 0 radical (unpaired) electrons. The van der Waals surface area contributed by atoms with Crippen LogP contribution in [0.2, 0.25) is 5.02 Å². The SMILES string of the molecule is Clc1ccccc1SC1CCCCNC1. The fourth-order valence-corrected chi connectivity index (χ4v) is 3.26. The number of benzene rings is 1. The summed E-state index contributed by atoms with van der Waals surface area (Å²) in [6.45, 7) is 2.27. The highest BCUT2D eigenvalue weighted by Gasteiger charge is 2.14. The lowest BCUT2D eigenvalue weighted by Crippen LogP contribution is -2.22. The number of halogens is 1. The van der Waals surface area contributed by atoms with Gasteiger partial charge in [-0.1, -0.05) is 30.2 Å². The van der Waals surface area contributed by atoms with E-state index in [1.165, 1.54) is 30.7 Å². The van der Waals surface area contributed by atoms with Crippen molar-refractivity contribution in [2.24, 2.45) is 0 Å². The fraction of sp³-hybridized carbons (Fsp3) is 0.500. The molecule has 1 aliphatic rings. The predicted molar refractivity (Wildman–Crippen MR) is 67.8 cm³/mol. The van der Waals surface area contributed by atoms with Crippen LogP contribution in [0, 0.1) is 0 Å². The van der Waals surface area contributed by atoms with Gasteiger partial charge < -0.3 is 5.32 Å². The third-order valence-corrected chi connectivity index (χ3v) is 4.42. The Kier molecular flexibility index (Phi) is 4.36. The molecule has 3 heteroatoms. The Hall–Kier alpha value is -0.180. The largest absolute Gasteiger partial charge is 0.316 e. The van der Waals surface area contributed by atoms with Gasteiger partial charge in [-0.3, -0.25) is 0 Å². The van der Waals surface area contributed by atoms with E-state index in [4.69, 9.17) is 11.6 Å². The summed E-state index contributed by atoms with van der Waals surface area (Å²) in [5, 5.41) is 5.03. The van der Waals surface area contributed by atoms with Gasteiger partial charge in [0.05, 0.1) is 5.02 Å². The Labute approximate surface area is 101 Å². The molecule has 1 heterocycles. The lowest BCUT2D eigenvalue weighted by molar-refractivity contribution is 0.706. The third-order valence-electron chi connectivity index (χ3n) is 2.63. The monoisotopic (exact) mass is 241 g/mol. The minimum absolute atomic E-state index is 0.674. The third kappa shape index (κ3) is 3.40. The first-order chi connectivity index (χ1) is 7.36. The average molecular weight is 242 g/mol. The first-order valence-electron chi connectivity index (χ1n) is 5.48. The lowest BCUT2D eigenvalue weighted by Gasteiger charge is -2.14. The fourth-order valence-electron chi connectivity index (χ4n) is 1.81.